The summed E-state index contributed by atoms with van der Waals surface area (Å²) < 4.78 is 0. The van der Waals surface area contributed by atoms with Gasteiger partial charge >= 0.3 is 0 Å². The molecule has 2 aliphatic rings. The van der Waals surface area contributed by atoms with Gasteiger partial charge in [-0.1, -0.05) is 65.2 Å². The van der Waals surface area contributed by atoms with Crippen LogP contribution in [-0.4, -0.2) is 5.78 Å². The SMILES string of the molecule is Cc1cc(CSc2ccccc2C)c(C)c(C2C(C#N)=C(N)N(c3cccc(Cl)c3Cl)C3=C2C(=O)CCC3)c1. The van der Waals surface area contributed by atoms with E-state index >= 15 is 0 Å². The lowest BCUT2D eigenvalue weighted by molar-refractivity contribution is -0.116. The van der Waals surface area contributed by atoms with Crippen molar-refractivity contribution < 1.29 is 4.79 Å². The second-order valence-electron chi connectivity index (χ2n) is 10.1. The Labute approximate surface area is 244 Å². The van der Waals surface area contributed by atoms with E-state index in [0.717, 1.165) is 28.1 Å². The highest BCUT2D eigenvalue weighted by Gasteiger charge is 2.41. The van der Waals surface area contributed by atoms with Crippen LogP contribution in [0.15, 0.2) is 82.2 Å². The number of nitrogens with zero attached hydrogens (tertiary/aromatic N) is 2. The van der Waals surface area contributed by atoms with Crippen molar-refractivity contribution in [3.05, 3.63) is 115 Å². The zero-order valence-electron chi connectivity index (χ0n) is 22.1. The molecule has 0 saturated carbocycles. The second kappa shape index (κ2) is 11.1. The van der Waals surface area contributed by atoms with Gasteiger partial charge in [0.1, 0.15) is 5.82 Å². The largest absolute Gasteiger partial charge is 0.384 e. The highest BCUT2D eigenvalue weighted by atomic mass is 35.5. The van der Waals surface area contributed by atoms with Gasteiger partial charge in [-0.05, 0) is 74.1 Å². The third kappa shape index (κ3) is 4.98. The van der Waals surface area contributed by atoms with Crippen LogP contribution < -0.4 is 10.6 Å². The highest BCUT2D eigenvalue weighted by Crippen LogP contribution is 2.49. The number of thioether (sulfide) groups is 1. The van der Waals surface area contributed by atoms with E-state index < -0.39 is 5.92 Å². The topological polar surface area (TPSA) is 70.1 Å². The van der Waals surface area contributed by atoms with Gasteiger partial charge in [-0.2, -0.15) is 5.26 Å². The summed E-state index contributed by atoms with van der Waals surface area (Å²) in [7, 11) is 0. The number of aryl methyl sites for hydroxylation is 2. The van der Waals surface area contributed by atoms with Crippen LogP contribution in [0.2, 0.25) is 10.0 Å². The van der Waals surface area contributed by atoms with E-state index in [0.29, 0.717) is 46.1 Å². The lowest BCUT2D eigenvalue weighted by atomic mass is 9.73. The Morgan fingerprint density at radius 3 is 2.59 bits per heavy atom. The number of anilines is 1. The molecule has 0 fully saturated rings. The number of halogens is 2. The van der Waals surface area contributed by atoms with E-state index in [2.05, 4.69) is 57.2 Å². The predicted octanol–water partition coefficient (Wildman–Crippen LogP) is 8.52. The molecule has 0 amide bonds. The molecule has 1 unspecified atom stereocenters. The number of rotatable bonds is 5. The zero-order chi connectivity index (χ0) is 27.8. The highest BCUT2D eigenvalue weighted by molar-refractivity contribution is 7.98. The Kier molecular flexibility index (Phi) is 7.82. The molecule has 1 aliphatic carbocycles. The summed E-state index contributed by atoms with van der Waals surface area (Å²) in [5.41, 5.74) is 14.7. The zero-order valence-corrected chi connectivity index (χ0v) is 24.5. The fraction of sp³-hybridized carbons (Fsp3) is 0.250. The van der Waals surface area contributed by atoms with E-state index in [1.54, 1.807) is 28.8 Å². The first kappa shape index (κ1) is 27.4. The van der Waals surface area contributed by atoms with E-state index in [-0.39, 0.29) is 11.6 Å². The van der Waals surface area contributed by atoms with Crippen LogP contribution in [0.3, 0.4) is 0 Å². The molecule has 1 aliphatic heterocycles. The molecule has 3 aromatic carbocycles. The minimum absolute atomic E-state index is 0.0430. The van der Waals surface area contributed by atoms with Gasteiger partial charge in [0.15, 0.2) is 5.78 Å². The molecule has 39 heavy (non-hydrogen) atoms. The summed E-state index contributed by atoms with van der Waals surface area (Å²) >= 11 is 14.8. The molecular formula is C32H29Cl2N3OS. The first-order chi connectivity index (χ1) is 18.7. The number of nitriles is 1. The number of Topliss-reactive ketones (excluding diaryl/α,β-unsaturated/α-hetero) is 1. The predicted molar refractivity (Wildman–Crippen MR) is 161 cm³/mol. The summed E-state index contributed by atoms with van der Waals surface area (Å²) in [5.74, 6) is 0.580. The van der Waals surface area contributed by atoms with Gasteiger partial charge in [0.25, 0.3) is 0 Å². The van der Waals surface area contributed by atoms with Crippen LogP contribution in [0.5, 0.6) is 0 Å². The molecule has 1 heterocycles. The Morgan fingerprint density at radius 2 is 1.85 bits per heavy atom. The summed E-state index contributed by atoms with van der Waals surface area (Å²) in [5, 5.41) is 11.2. The fourth-order valence-electron chi connectivity index (χ4n) is 5.62. The fourth-order valence-corrected chi connectivity index (χ4v) is 7.09. The van der Waals surface area contributed by atoms with Gasteiger partial charge in [-0.3, -0.25) is 9.69 Å². The third-order valence-electron chi connectivity index (χ3n) is 7.57. The average Bonchev–Trinajstić information content (AvgIpc) is 2.91. The molecule has 4 nitrogen and oxygen atoms in total. The minimum atomic E-state index is -0.533. The number of carbonyl (C=O) groups is 1. The van der Waals surface area contributed by atoms with Crippen molar-refractivity contribution >= 4 is 46.4 Å². The molecule has 0 saturated heterocycles. The summed E-state index contributed by atoms with van der Waals surface area (Å²) in [4.78, 5) is 16.6. The van der Waals surface area contributed by atoms with E-state index in [4.69, 9.17) is 28.9 Å². The molecule has 198 valence electrons. The molecule has 3 aromatic rings. The second-order valence-corrected chi connectivity index (χ2v) is 11.9. The maximum atomic E-state index is 13.6. The van der Waals surface area contributed by atoms with Crippen LogP contribution in [0.25, 0.3) is 0 Å². The van der Waals surface area contributed by atoms with Crippen molar-refractivity contribution in [1.82, 2.24) is 0 Å². The first-order valence-corrected chi connectivity index (χ1v) is 14.7. The lowest BCUT2D eigenvalue weighted by Crippen LogP contribution is -2.39. The third-order valence-corrected chi connectivity index (χ3v) is 9.61. The maximum absolute atomic E-state index is 13.6. The standard InChI is InChI=1S/C32H29Cl2N3OS/c1-18-14-21(17-39-28-13-5-4-8-19(28)2)20(3)22(15-18)29-23(16-35)32(36)37(25-10-7-12-27(38)30(25)29)26-11-6-9-24(33)31(26)34/h4-6,8-9,11,13-15,29H,7,10,12,17,36H2,1-3H3. The van der Waals surface area contributed by atoms with Crippen molar-refractivity contribution in [3.63, 3.8) is 0 Å². The van der Waals surface area contributed by atoms with Gasteiger partial charge in [0.2, 0.25) is 0 Å². The number of nitrogens with two attached hydrogens (primary N) is 1. The summed E-state index contributed by atoms with van der Waals surface area (Å²) in [6, 6.07) is 20.3. The Bertz CT molecular complexity index is 1600. The lowest BCUT2D eigenvalue weighted by Gasteiger charge is -2.40. The van der Waals surface area contributed by atoms with E-state index in [1.165, 1.54) is 16.0 Å². The van der Waals surface area contributed by atoms with Gasteiger partial charge in [-0.15, -0.1) is 11.8 Å². The molecule has 0 bridgehead atoms. The van der Waals surface area contributed by atoms with Crippen molar-refractivity contribution in [2.24, 2.45) is 5.73 Å². The summed E-state index contributed by atoms with van der Waals surface area (Å²) in [6.45, 7) is 6.26. The van der Waals surface area contributed by atoms with E-state index in [1.807, 2.05) is 12.1 Å². The van der Waals surface area contributed by atoms with Crippen molar-refractivity contribution in [3.8, 4) is 6.07 Å². The van der Waals surface area contributed by atoms with Gasteiger partial charge in [0, 0.05) is 28.3 Å². The molecule has 5 rings (SSSR count). The number of ketones is 1. The van der Waals surface area contributed by atoms with Crippen molar-refractivity contribution in [2.75, 3.05) is 4.90 Å². The normalized spacial score (nSPS) is 17.4. The summed E-state index contributed by atoms with van der Waals surface area (Å²) in [6.07, 6.45) is 1.80. The van der Waals surface area contributed by atoms with Gasteiger partial charge in [-0.25, -0.2) is 0 Å². The van der Waals surface area contributed by atoms with Crippen LogP contribution in [0.4, 0.5) is 5.69 Å². The Morgan fingerprint density at radius 1 is 1.08 bits per heavy atom. The van der Waals surface area contributed by atoms with Crippen LogP contribution in [0, 0.1) is 32.1 Å². The van der Waals surface area contributed by atoms with Crippen LogP contribution >= 0.6 is 35.0 Å². The van der Waals surface area contributed by atoms with Crippen molar-refractivity contribution in [2.45, 2.75) is 56.6 Å². The number of hydrogen-bond acceptors (Lipinski definition) is 5. The molecule has 0 spiro atoms. The van der Waals surface area contributed by atoms with Gasteiger partial charge in [0.05, 0.1) is 33.3 Å². The van der Waals surface area contributed by atoms with Crippen LogP contribution in [0.1, 0.15) is 53.0 Å². The van der Waals surface area contributed by atoms with Gasteiger partial charge < -0.3 is 5.73 Å². The maximum Gasteiger partial charge on any atom is 0.161 e. The van der Waals surface area contributed by atoms with Crippen LogP contribution in [-0.2, 0) is 10.5 Å². The number of hydrogen-bond donors (Lipinski definition) is 1. The Balaban J connectivity index is 1.66. The molecule has 7 heteroatoms. The number of benzene rings is 3. The molecule has 0 aromatic heterocycles. The number of allylic oxidation sites excluding steroid dienone is 3. The first-order valence-electron chi connectivity index (χ1n) is 12.9. The molecule has 1 atom stereocenters. The smallest absolute Gasteiger partial charge is 0.161 e. The van der Waals surface area contributed by atoms with Crippen molar-refractivity contribution in [1.29, 1.82) is 5.26 Å². The average molecular weight is 575 g/mol. The minimum Gasteiger partial charge on any atom is -0.384 e. The number of carbonyl (C=O) groups excluding carboxylic acids is 1. The molecule has 2 N–H and O–H groups in total. The monoisotopic (exact) mass is 573 g/mol. The molecule has 0 radical (unpaired) electrons. The quantitative estimate of drug-likeness (QED) is 0.310. The van der Waals surface area contributed by atoms with E-state index in [9.17, 15) is 10.1 Å². The Hall–Kier alpha value is -3.17. The molecular weight excluding hydrogens is 545 g/mol.